The number of hydrazine groups is 2. The van der Waals surface area contributed by atoms with Gasteiger partial charge in [-0.3, -0.25) is 0 Å². The Morgan fingerprint density at radius 3 is 3.00 bits per heavy atom. The van der Waals surface area contributed by atoms with E-state index in [1.165, 1.54) is 12.1 Å². The minimum absolute atomic E-state index is 0.501. The molecule has 0 atom stereocenters. The van der Waals surface area contributed by atoms with Gasteiger partial charge in [0, 0.05) is 5.70 Å². The molecule has 2 heterocycles. The number of carbonyl (C=O) groups is 1. The van der Waals surface area contributed by atoms with E-state index in [-0.39, 0.29) is 0 Å². The summed E-state index contributed by atoms with van der Waals surface area (Å²) in [6, 6.07) is 0. The molecule has 0 aromatic heterocycles. The molecule has 0 radical (unpaired) electrons. The van der Waals surface area contributed by atoms with Gasteiger partial charge in [-0.15, -0.1) is 5.53 Å². The van der Waals surface area contributed by atoms with Crippen LogP contribution < -0.4 is 10.9 Å². The number of hydrogen-bond acceptors (Lipinski definition) is 5. The Morgan fingerprint density at radius 1 is 1.60 bits per heavy atom. The van der Waals surface area contributed by atoms with Crippen molar-refractivity contribution < 1.29 is 9.53 Å². The first kappa shape index (κ1) is 9.94. The maximum Gasteiger partial charge on any atom is 0.429 e. The minimum Gasteiger partial charge on any atom is -0.452 e. The van der Waals surface area contributed by atoms with E-state index in [0.717, 1.165) is 5.70 Å². The summed E-state index contributed by atoms with van der Waals surface area (Å²) in [5.41, 5.74) is 3.69. The van der Waals surface area contributed by atoms with Crippen molar-refractivity contribution >= 4 is 23.3 Å². The summed E-state index contributed by atoms with van der Waals surface area (Å²) in [5, 5.41) is 5.86. The van der Waals surface area contributed by atoms with Gasteiger partial charge in [-0.2, -0.15) is 5.01 Å². The molecule has 7 heteroatoms. The third kappa shape index (κ3) is 1.66. The van der Waals surface area contributed by atoms with E-state index in [4.69, 9.17) is 12.2 Å². The summed E-state index contributed by atoms with van der Waals surface area (Å²) in [7, 11) is 1.31. The van der Waals surface area contributed by atoms with Crippen molar-refractivity contribution in [2.45, 2.75) is 6.92 Å². The van der Waals surface area contributed by atoms with Crippen LogP contribution in [0.25, 0.3) is 0 Å². The van der Waals surface area contributed by atoms with Gasteiger partial charge in [-0.05, 0) is 13.0 Å². The number of thiocarbonyl (C=S) groups is 1. The number of allylic oxidation sites excluding steroid dienone is 1. The molecule has 0 unspecified atom stereocenters. The van der Waals surface area contributed by atoms with Crippen molar-refractivity contribution in [2.75, 3.05) is 7.11 Å². The molecule has 15 heavy (non-hydrogen) atoms. The first-order chi connectivity index (χ1) is 7.11. The molecule has 0 aliphatic carbocycles. The Hall–Kier alpha value is -1.60. The van der Waals surface area contributed by atoms with Crippen LogP contribution in [0.3, 0.4) is 0 Å². The SMILES string of the molecule is COC(=O)N1C=C2NC(C)=CC(=S)N2N1. The summed E-state index contributed by atoms with van der Waals surface area (Å²) < 4.78 is 4.57. The number of rotatable bonds is 0. The van der Waals surface area contributed by atoms with Crippen molar-refractivity contribution in [3.63, 3.8) is 0 Å². The van der Waals surface area contributed by atoms with E-state index >= 15 is 0 Å². The van der Waals surface area contributed by atoms with Crippen LogP contribution in [-0.4, -0.2) is 28.2 Å². The zero-order chi connectivity index (χ0) is 11.0. The number of methoxy groups -OCH3 is 1. The second-order valence-corrected chi connectivity index (χ2v) is 3.50. The van der Waals surface area contributed by atoms with Crippen LogP contribution in [0.2, 0.25) is 0 Å². The average Bonchev–Trinajstić information content (AvgIpc) is 2.60. The maximum absolute atomic E-state index is 11.2. The smallest absolute Gasteiger partial charge is 0.429 e. The molecular weight excluding hydrogens is 216 g/mol. The number of amides is 1. The van der Waals surface area contributed by atoms with Gasteiger partial charge in [-0.25, -0.2) is 9.80 Å². The van der Waals surface area contributed by atoms with Crippen LogP contribution in [0.15, 0.2) is 23.8 Å². The fourth-order valence-corrected chi connectivity index (χ4v) is 1.62. The lowest BCUT2D eigenvalue weighted by molar-refractivity contribution is 0.108. The fraction of sp³-hybridized carbons (Fsp3) is 0.250. The standard InChI is InChI=1S/C8H10N4O2S/c1-5-3-7(15)12-6(9-5)4-11(10-12)8(13)14-2/h3-4,9-10H,1-2H3. The van der Waals surface area contributed by atoms with Gasteiger partial charge in [0.05, 0.1) is 13.3 Å². The Morgan fingerprint density at radius 2 is 2.33 bits per heavy atom. The first-order valence-electron chi connectivity index (χ1n) is 4.26. The van der Waals surface area contributed by atoms with Gasteiger partial charge < -0.3 is 10.1 Å². The highest BCUT2D eigenvalue weighted by Gasteiger charge is 2.29. The molecule has 2 rings (SSSR count). The lowest BCUT2D eigenvalue weighted by Gasteiger charge is -2.26. The zero-order valence-electron chi connectivity index (χ0n) is 8.27. The average molecular weight is 226 g/mol. The second kappa shape index (κ2) is 3.52. The van der Waals surface area contributed by atoms with Crippen molar-refractivity contribution in [3.8, 4) is 0 Å². The number of nitrogens with one attached hydrogen (secondary N) is 2. The van der Waals surface area contributed by atoms with Gasteiger partial charge in [-0.1, -0.05) is 12.2 Å². The molecule has 0 fully saturated rings. The van der Waals surface area contributed by atoms with Crippen molar-refractivity contribution in [1.82, 2.24) is 20.9 Å². The molecule has 80 valence electrons. The molecule has 0 aromatic carbocycles. The molecule has 1 amide bonds. The van der Waals surface area contributed by atoms with E-state index in [1.807, 2.05) is 6.92 Å². The van der Waals surface area contributed by atoms with Crippen molar-refractivity contribution in [1.29, 1.82) is 0 Å². The van der Waals surface area contributed by atoms with E-state index in [9.17, 15) is 4.79 Å². The normalized spacial score (nSPS) is 19.2. The molecule has 0 saturated heterocycles. The Balaban J connectivity index is 2.21. The topological polar surface area (TPSA) is 56.8 Å². The highest BCUT2D eigenvalue weighted by molar-refractivity contribution is 7.80. The van der Waals surface area contributed by atoms with E-state index < -0.39 is 6.09 Å². The molecule has 0 spiro atoms. The number of carbonyl (C=O) groups excluding carboxylic acids is 1. The number of ether oxygens (including phenoxy) is 1. The lowest BCUT2D eigenvalue weighted by atomic mass is 10.3. The summed E-state index contributed by atoms with van der Waals surface area (Å²) >= 11 is 5.12. The Labute approximate surface area is 92.1 Å². The number of nitrogens with zero attached hydrogens (tertiary/aromatic N) is 2. The summed E-state index contributed by atoms with van der Waals surface area (Å²) in [6.07, 6.45) is 2.87. The molecule has 6 nitrogen and oxygen atoms in total. The fourth-order valence-electron chi connectivity index (χ4n) is 1.31. The zero-order valence-corrected chi connectivity index (χ0v) is 9.09. The third-order valence-electron chi connectivity index (χ3n) is 1.96. The predicted molar refractivity (Wildman–Crippen MR) is 56.8 cm³/mol. The van der Waals surface area contributed by atoms with Crippen LogP contribution in [0, 0.1) is 0 Å². The van der Waals surface area contributed by atoms with Crippen LogP contribution in [-0.2, 0) is 4.74 Å². The summed E-state index contributed by atoms with van der Waals surface area (Å²) in [5.74, 6) is 0.699. The quantitative estimate of drug-likeness (QED) is 0.584. The molecule has 2 aliphatic heterocycles. The maximum atomic E-state index is 11.2. The van der Waals surface area contributed by atoms with E-state index in [0.29, 0.717) is 10.8 Å². The number of fused-ring (bicyclic) bond motifs is 1. The van der Waals surface area contributed by atoms with Gasteiger partial charge >= 0.3 is 6.09 Å². The first-order valence-corrected chi connectivity index (χ1v) is 4.67. The molecule has 0 saturated carbocycles. The minimum atomic E-state index is -0.501. The Kier molecular flexibility index (Phi) is 2.33. The molecular formula is C8H10N4O2S. The molecule has 0 aromatic rings. The number of hydrogen-bond donors (Lipinski definition) is 2. The van der Waals surface area contributed by atoms with E-state index in [1.54, 1.807) is 17.3 Å². The van der Waals surface area contributed by atoms with Crippen LogP contribution in [0.1, 0.15) is 6.92 Å². The largest absolute Gasteiger partial charge is 0.452 e. The lowest BCUT2D eigenvalue weighted by Crippen LogP contribution is -2.48. The van der Waals surface area contributed by atoms with Crippen LogP contribution >= 0.6 is 12.2 Å². The Bertz CT molecular complexity index is 390. The molecule has 0 bridgehead atoms. The molecule has 2 aliphatic rings. The molecule has 2 N–H and O–H groups in total. The van der Waals surface area contributed by atoms with Gasteiger partial charge in [0.15, 0.2) is 0 Å². The monoisotopic (exact) mass is 226 g/mol. The van der Waals surface area contributed by atoms with Gasteiger partial charge in [0.25, 0.3) is 0 Å². The second-order valence-electron chi connectivity index (χ2n) is 3.08. The highest BCUT2D eigenvalue weighted by Crippen LogP contribution is 2.16. The van der Waals surface area contributed by atoms with E-state index in [2.05, 4.69) is 15.6 Å². The van der Waals surface area contributed by atoms with Gasteiger partial charge in [0.1, 0.15) is 10.8 Å². The van der Waals surface area contributed by atoms with Crippen LogP contribution in [0.5, 0.6) is 0 Å². The summed E-state index contributed by atoms with van der Waals surface area (Å²) in [6.45, 7) is 1.89. The summed E-state index contributed by atoms with van der Waals surface area (Å²) in [4.78, 5) is 11.8. The van der Waals surface area contributed by atoms with Gasteiger partial charge in [0.2, 0.25) is 0 Å². The van der Waals surface area contributed by atoms with Crippen LogP contribution in [0.4, 0.5) is 4.79 Å². The predicted octanol–water partition coefficient (Wildman–Crippen LogP) is 0.423. The third-order valence-corrected chi connectivity index (χ3v) is 2.26. The van der Waals surface area contributed by atoms with Crippen molar-refractivity contribution in [2.24, 2.45) is 0 Å². The van der Waals surface area contributed by atoms with Crippen molar-refractivity contribution in [3.05, 3.63) is 23.8 Å². The highest BCUT2D eigenvalue weighted by atomic mass is 32.1.